The Morgan fingerprint density at radius 3 is 2.84 bits per heavy atom. The first kappa shape index (κ1) is 20.3. The summed E-state index contributed by atoms with van der Waals surface area (Å²) in [5.41, 5.74) is 3.63. The van der Waals surface area contributed by atoms with Crippen molar-refractivity contribution in [1.82, 2.24) is 9.97 Å². The van der Waals surface area contributed by atoms with E-state index >= 15 is 0 Å². The number of benzene rings is 2. The van der Waals surface area contributed by atoms with E-state index in [-0.39, 0.29) is 19.1 Å². The Morgan fingerprint density at radius 1 is 1.16 bits per heavy atom. The van der Waals surface area contributed by atoms with Crippen LogP contribution in [0.15, 0.2) is 54.9 Å². The normalized spacial score (nSPS) is 12.2. The van der Waals surface area contributed by atoms with Gasteiger partial charge in [-0.05, 0) is 47.9 Å². The van der Waals surface area contributed by atoms with Gasteiger partial charge in [-0.15, -0.1) is 0 Å². The fourth-order valence-electron chi connectivity index (χ4n) is 3.64. The summed E-state index contributed by atoms with van der Waals surface area (Å²) in [7, 11) is 1.63. The fourth-order valence-corrected chi connectivity index (χ4v) is 4.70. The minimum Gasteiger partial charge on any atom is -0.494 e. The lowest BCUT2D eigenvalue weighted by Crippen LogP contribution is -2.31. The number of carbonyl (C=O) groups is 1. The summed E-state index contributed by atoms with van der Waals surface area (Å²) in [6, 6.07) is 13.3. The summed E-state index contributed by atoms with van der Waals surface area (Å²) in [6.07, 6.45) is 3.69. The summed E-state index contributed by atoms with van der Waals surface area (Å²) in [5.74, 6) is 1.98. The number of thiazole rings is 1. The van der Waals surface area contributed by atoms with Crippen LogP contribution in [-0.2, 0) is 17.8 Å². The molecule has 0 atom stereocenters. The molecule has 1 aliphatic heterocycles. The monoisotopic (exact) mass is 447 g/mol. The summed E-state index contributed by atoms with van der Waals surface area (Å²) < 4.78 is 17.3. The lowest BCUT2D eigenvalue weighted by atomic mass is 10.1. The molecule has 8 heteroatoms. The Bertz CT molecular complexity index is 1290. The molecule has 0 N–H and O–H groups in total. The van der Waals surface area contributed by atoms with Crippen LogP contribution in [0.3, 0.4) is 0 Å². The van der Waals surface area contributed by atoms with Gasteiger partial charge in [0, 0.05) is 12.4 Å². The standard InChI is InChI=1S/C24H21N3O4S/c1-15-5-7-19(29-2)22-23(15)32-24(26-22)27(13-17-4-3-9-25-12-17)21(28)11-16-6-8-18-20(10-16)31-14-30-18/h3-10,12H,11,13-14H2,1-2H3. The van der Waals surface area contributed by atoms with Crippen molar-refractivity contribution in [3.63, 3.8) is 0 Å². The highest BCUT2D eigenvalue weighted by Crippen LogP contribution is 2.37. The molecule has 1 aliphatic rings. The van der Waals surface area contributed by atoms with E-state index in [1.807, 2.05) is 49.4 Å². The molecule has 0 saturated heterocycles. The Balaban J connectivity index is 1.51. The number of hydrogen-bond acceptors (Lipinski definition) is 7. The zero-order valence-corrected chi connectivity index (χ0v) is 18.5. The Morgan fingerprint density at radius 2 is 2.03 bits per heavy atom. The minimum absolute atomic E-state index is 0.0663. The third-order valence-corrected chi connectivity index (χ3v) is 6.51. The lowest BCUT2D eigenvalue weighted by Gasteiger charge is -2.20. The van der Waals surface area contributed by atoms with E-state index in [0.29, 0.717) is 28.9 Å². The van der Waals surface area contributed by atoms with Crippen LogP contribution < -0.4 is 19.1 Å². The number of methoxy groups -OCH3 is 1. The highest BCUT2D eigenvalue weighted by atomic mass is 32.1. The smallest absolute Gasteiger partial charge is 0.233 e. The predicted octanol–water partition coefficient (Wildman–Crippen LogP) is 4.51. The Kier molecular flexibility index (Phi) is 5.36. The van der Waals surface area contributed by atoms with Crippen LogP contribution >= 0.6 is 11.3 Å². The molecule has 0 aliphatic carbocycles. The molecule has 4 aromatic rings. The Labute approximate surface area is 189 Å². The molecule has 32 heavy (non-hydrogen) atoms. The van der Waals surface area contributed by atoms with Crippen molar-refractivity contribution in [2.45, 2.75) is 19.9 Å². The molecule has 2 aromatic carbocycles. The van der Waals surface area contributed by atoms with E-state index in [0.717, 1.165) is 26.9 Å². The van der Waals surface area contributed by atoms with Crippen molar-refractivity contribution in [2.24, 2.45) is 0 Å². The van der Waals surface area contributed by atoms with E-state index in [1.165, 1.54) is 11.3 Å². The molecular weight excluding hydrogens is 426 g/mol. The van der Waals surface area contributed by atoms with E-state index in [4.69, 9.17) is 19.2 Å². The highest BCUT2D eigenvalue weighted by molar-refractivity contribution is 7.22. The fraction of sp³-hybridized carbons (Fsp3) is 0.208. The van der Waals surface area contributed by atoms with Crippen LogP contribution in [0.4, 0.5) is 5.13 Å². The molecule has 0 fully saturated rings. The van der Waals surface area contributed by atoms with Crippen molar-refractivity contribution in [2.75, 3.05) is 18.8 Å². The minimum atomic E-state index is -0.0663. The second-order valence-corrected chi connectivity index (χ2v) is 8.44. The van der Waals surface area contributed by atoms with Crippen molar-refractivity contribution in [3.8, 4) is 17.2 Å². The third kappa shape index (κ3) is 3.85. The maximum absolute atomic E-state index is 13.5. The number of aryl methyl sites for hydroxylation is 1. The second-order valence-electron chi connectivity index (χ2n) is 7.46. The topological polar surface area (TPSA) is 73.8 Å². The van der Waals surface area contributed by atoms with Gasteiger partial charge in [-0.3, -0.25) is 14.7 Å². The van der Waals surface area contributed by atoms with Gasteiger partial charge in [0.1, 0.15) is 11.3 Å². The first-order valence-electron chi connectivity index (χ1n) is 10.1. The van der Waals surface area contributed by atoms with Gasteiger partial charge in [-0.25, -0.2) is 4.98 Å². The highest BCUT2D eigenvalue weighted by Gasteiger charge is 2.23. The third-order valence-electron chi connectivity index (χ3n) is 5.30. The van der Waals surface area contributed by atoms with Gasteiger partial charge in [0.2, 0.25) is 12.7 Å². The second kappa shape index (κ2) is 8.47. The first-order chi connectivity index (χ1) is 15.6. The van der Waals surface area contributed by atoms with Crippen LogP contribution in [0, 0.1) is 6.92 Å². The molecule has 0 spiro atoms. The van der Waals surface area contributed by atoms with Gasteiger partial charge in [0.25, 0.3) is 0 Å². The summed E-state index contributed by atoms with van der Waals surface area (Å²) in [6.45, 7) is 2.61. The van der Waals surface area contributed by atoms with E-state index in [1.54, 1.807) is 24.4 Å². The zero-order valence-electron chi connectivity index (χ0n) is 17.7. The molecule has 0 saturated carbocycles. The molecule has 5 rings (SSSR count). The van der Waals surface area contributed by atoms with E-state index in [9.17, 15) is 4.79 Å². The number of rotatable bonds is 6. The summed E-state index contributed by atoms with van der Waals surface area (Å²) in [5, 5.41) is 0.627. The number of carbonyl (C=O) groups excluding carboxylic acids is 1. The largest absolute Gasteiger partial charge is 0.494 e. The van der Waals surface area contributed by atoms with E-state index in [2.05, 4.69) is 4.98 Å². The van der Waals surface area contributed by atoms with Crippen molar-refractivity contribution < 1.29 is 19.0 Å². The first-order valence-corrected chi connectivity index (χ1v) is 11.0. The molecule has 162 valence electrons. The molecule has 0 bridgehead atoms. The number of anilines is 1. The maximum atomic E-state index is 13.5. The van der Waals surface area contributed by atoms with Gasteiger partial charge in [0.05, 0.1) is 24.8 Å². The zero-order chi connectivity index (χ0) is 22.1. The molecule has 3 heterocycles. The van der Waals surface area contributed by atoms with E-state index < -0.39 is 0 Å². The van der Waals surface area contributed by atoms with Crippen molar-refractivity contribution >= 4 is 32.6 Å². The number of ether oxygens (including phenoxy) is 3. The van der Waals surface area contributed by atoms with Crippen molar-refractivity contribution in [3.05, 3.63) is 71.5 Å². The number of nitrogens with zero attached hydrogens (tertiary/aromatic N) is 3. The summed E-state index contributed by atoms with van der Waals surface area (Å²) in [4.78, 5) is 24.2. The number of pyridine rings is 1. The quantitative estimate of drug-likeness (QED) is 0.433. The average molecular weight is 448 g/mol. The summed E-state index contributed by atoms with van der Waals surface area (Å²) >= 11 is 1.49. The predicted molar refractivity (Wildman–Crippen MR) is 123 cm³/mol. The number of fused-ring (bicyclic) bond motifs is 2. The average Bonchev–Trinajstić information content (AvgIpc) is 3.46. The molecular formula is C24H21N3O4S. The van der Waals surface area contributed by atoms with Crippen molar-refractivity contribution in [1.29, 1.82) is 0 Å². The van der Waals surface area contributed by atoms with Gasteiger partial charge >= 0.3 is 0 Å². The van der Waals surface area contributed by atoms with Gasteiger partial charge in [-0.2, -0.15) is 0 Å². The van der Waals surface area contributed by atoms with Crippen LogP contribution in [0.5, 0.6) is 17.2 Å². The SMILES string of the molecule is COc1ccc(C)c2sc(N(Cc3cccnc3)C(=O)Cc3ccc4c(c3)OCO4)nc12. The molecule has 1 amide bonds. The number of amides is 1. The number of aromatic nitrogens is 2. The van der Waals surface area contributed by atoms with Gasteiger partial charge in [0.15, 0.2) is 16.6 Å². The van der Waals surface area contributed by atoms with Crippen LogP contribution in [0.1, 0.15) is 16.7 Å². The Hall–Kier alpha value is -3.65. The maximum Gasteiger partial charge on any atom is 0.233 e. The number of hydrogen-bond donors (Lipinski definition) is 0. The molecule has 7 nitrogen and oxygen atoms in total. The van der Waals surface area contributed by atoms with Gasteiger partial charge < -0.3 is 14.2 Å². The molecule has 0 unspecified atom stereocenters. The van der Waals surface area contributed by atoms with Crippen LogP contribution in [0.25, 0.3) is 10.2 Å². The van der Waals surface area contributed by atoms with Crippen LogP contribution in [-0.4, -0.2) is 29.8 Å². The molecule has 2 aromatic heterocycles. The van der Waals surface area contributed by atoms with Gasteiger partial charge in [-0.1, -0.05) is 29.5 Å². The van der Waals surface area contributed by atoms with Crippen LogP contribution in [0.2, 0.25) is 0 Å². The lowest BCUT2D eigenvalue weighted by molar-refractivity contribution is -0.118. The molecule has 0 radical (unpaired) electrons.